The van der Waals surface area contributed by atoms with E-state index in [1.54, 1.807) is 25.8 Å². The average Bonchev–Trinajstić information content (AvgIpc) is 2.32. The summed E-state index contributed by atoms with van der Waals surface area (Å²) >= 11 is 0. The SMILES string of the molecule is CN1C(=CC(=O)C=NO)C(C)(C)[NH+]([O-])C1(C)C. The highest BCUT2D eigenvalue weighted by molar-refractivity contribution is 6.32. The molecule has 0 bridgehead atoms. The second-order valence-electron chi connectivity index (χ2n) is 5.25. The Bertz CT molecular complexity index is 385. The molecule has 1 fully saturated rings. The van der Waals surface area contributed by atoms with Crippen LogP contribution in [-0.4, -0.2) is 40.4 Å². The molecule has 0 spiro atoms. The first-order valence-electron chi connectivity index (χ1n) is 5.38. The fourth-order valence-electron chi connectivity index (χ4n) is 2.26. The summed E-state index contributed by atoms with van der Waals surface area (Å²) in [4.78, 5) is 13.2. The molecule has 0 aliphatic carbocycles. The number of quaternary nitrogens is 1. The fourth-order valence-corrected chi connectivity index (χ4v) is 2.26. The Morgan fingerprint density at radius 1 is 1.47 bits per heavy atom. The number of likely N-dealkylation sites (N-methyl/N-ethyl adjacent to an activating group) is 1. The number of rotatable bonds is 2. The van der Waals surface area contributed by atoms with Crippen LogP contribution in [0.4, 0.5) is 0 Å². The standard InChI is InChI=1S/C11H19N3O3/c1-10(2)9(6-8(15)7-12-16)13(5)11(3,4)14(10)17/h6-7,14,16H,1-5H3. The minimum Gasteiger partial charge on any atom is -0.632 e. The van der Waals surface area contributed by atoms with Crippen LogP contribution in [-0.2, 0) is 4.79 Å². The van der Waals surface area contributed by atoms with Crippen LogP contribution < -0.4 is 5.06 Å². The van der Waals surface area contributed by atoms with Gasteiger partial charge in [0.25, 0.3) is 0 Å². The molecular weight excluding hydrogens is 222 g/mol. The van der Waals surface area contributed by atoms with Crippen LogP contribution in [0.2, 0.25) is 0 Å². The highest BCUT2D eigenvalue weighted by Crippen LogP contribution is 2.28. The van der Waals surface area contributed by atoms with E-state index in [9.17, 15) is 10.0 Å². The molecule has 1 saturated heterocycles. The van der Waals surface area contributed by atoms with Crippen molar-refractivity contribution in [3.8, 4) is 0 Å². The summed E-state index contributed by atoms with van der Waals surface area (Å²) < 4.78 is 0. The molecule has 1 aliphatic heterocycles. The molecule has 0 radical (unpaired) electrons. The third-order valence-corrected chi connectivity index (χ3v) is 3.43. The zero-order chi connectivity index (χ0) is 13.4. The highest BCUT2D eigenvalue weighted by Gasteiger charge is 2.52. The van der Waals surface area contributed by atoms with Gasteiger partial charge in [0.1, 0.15) is 11.8 Å². The molecule has 1 heterocycles. The van der Waals surface area contributed by atoms with Crippen molar-refractivity contribution < 1.29 is 15.1 Å². The second-order valence-corrected chi connectivity index (χ2v) is 5.25. The summed E-state index contributed by atoms with van der Waals surface area (Å²) in [6.45, 7) is 7.22. The van der Waals surface area contributed by atoms with Gasteiger partial charge in [-0.2, -0.15) is 0 Å². The summed E-state index contributed by atoms with van der Waals surface area (Å²) in [5.74, 6) is -0.437. The molecule has 2 N–H and O–H groups in total. The topological polar surface area (TPSA) is 80.4 Å². The van der Waals surface area contributed by atoms with Crippen LogP contribution in [0, 0.1) is 5.21 Å². The summed E-state index contributed by atoms with van der Waals surface area (Å²) in [6.07, 6.45) is 2.15. The molecule has 0 aromatic rings. The third-order valence-electron chi connectivity index (χ3n) is 3.43. The molecule has 1 unspecified atom stereocenters. The number of hydrogen-bond donors (Lipinski definition) is 2. The van der Waals surface area contributed by atoms with Gasteiger partial charge in [-0.3, -0.25) is 4.79 Å². The van der Waals surface area contributed by atoms with Gasteiger partial charge in [0, 0.05) is 27.0 Å². The van der Waals surface area contributed by atoms with Gasteiger partial charge in [0.05, 0.1) is 5.70 Å². The largest absolute Gasteiger partial charge is 0.632 e. The molecule has 1 rings (SSSR count). The Hall–Kier alpha value is -1.40. The molecule has 96 valence electrons. The Balaban J connectivity index is 3.20. The van der Waals surface area contributed by atoms with Crippen molar-refractivity contribution in [1.82, 2.24) is 4.90 Å². The minimum absolute atomic E-state index is 0.0625. The van der Waals surface area contributed by atoms with Gasteiger partial charge in [-0.25, -0.2) is 0 Å². The maximum absolute atomic E-state index is 12.2. The third kappa shape index (κ3) is 2.05. The Morgan fingerprint density at radius 3 is 2.35 bits per heavy atom. The first kappa shape index (κ1) is 13.7. The van der Waals surface area contributed by atoms with Crippen LogP contribution in [0.25, 0.3) is 0 Å². The second kappa shape index (κ2) is 4.12. The summed E-state index contributed by atoms with van der Waals surface area (Å²) in [5, 5.41) is 23.3. The molecule has 6 nitrogen and oxygen atoms in total. The number of carbonyl (C=O) groups is 1. The summed E-state index contributed by atoms with van der Waals surface area (Å²) in [5.41, 5.74) is -0.708. The first-order valence-corrected chi connectivity index (χ1v) is 5.38. The quantitative estimate of drug-likeness (QED) is 0.229. The van der Waals surface area contributed by atoms with Crippen molar-refractivity contribution in [3.63, 3.8) is 0 Å². The van der Waals surface area contributed by atoms with E-state index < -0.39 is 17.0 Å². The van der Waals surface area contributed by atoms with E-state index in [0.717, 1.165) is 6.21 Å². The van der Waals surface area contributed by atoms with Crippen LogP contribution in [0.15, 0.2) is 16.9 Å². The molecule has 0 saturated carbocycles. The molecular formula is C11H19N3O3. The highest BCUT2D eigenvalue weighted by atomic mass is 16.5. The smallest absolute Gasteiger partial charge is 0.202 e. The number of carbonyl (C=O) groups excluding carboxylic acids is 1. The fraction of sp³-hybridized carbons (Fsp3) is 0.636. The summed E-state index contributed by atoms with van der Waals surface area (Å²) in [6, 6.07) is 0. The zero-order valence-corrected chi connectivity index (χ0v) is 10.8. The van der Waals surface area contributed by atoms with Gasteiger partial charge >= 0.3 is 0 Å². The average molecular weight is 241 g/mol. The molecule has 0 amide bonds. The maximum atomic E-state index is 12.2. The summed E-state index contributed by atoms with van der Waals surface area (Å²) in [7, 11) is 1.78. The minimum atomic E-state index is -0.711. The molecule has 0 aromatic carbocycles. The van der Waals surface area contributed by atoms with E-state index in [4.69, 9.17) is 5.21 Å². The van der Waals surface area contributed by atoms with Crippen molar-refractivity contribution in [3.05, 3.63) is 17.0 Å². The van der Waals surface area contributed by atoms with Crippen LogP contribution >= 0.6 is 0 Å². The van der Waals surface area contributed by atoms with E-state index >= 15 is 0 Å². The van der Waals surface area contributed by atoms with Crippen molar-refractivity contribution in [2.24, 2.45) is 5.16 Å². The van der Waals surface area contributed by atoms with Gasteiger partial charge in [0.2, 0.25) is 5.78 Å². The van der Waals surface area contributed by atoms with Crippen LogP contribution in [0.3, 0.4) is 0 Å². The zero-order valence-electron chi connectivity index (χ0n) is 10.8. The van der Waals surface area contributed by atoms with Gasteiger partial charge in [-0.15, -0.1) is 0 Å². The lowest BCUT2D eigenvalue weighted by atomic mass is 10.0. The van der Waals surface area contributed by atoms with Crippen molar-refractivity contribution in [1.29, 1.82) is 0 Å². The number of hydroxylamine groups is 2. The van der Waals surface area contributed by atoms with Gasteiger partial charge in [-0.05, 0) is 13.8 Å². The normalized spacial score (nSPS) is 29.2. The van der Waals surface area contributed by atoms with E-state index in [-0.39, 0.29) is 5.06 Å². The molecule has 6 heteroatoms. The predicted molar refractivity (Wildman–Crippen MR) is 63.6 cm³/mol. The van der Waals surface area contributed by atoms with E-state index in [0.29, 0.717) is 5.70 Å². The molecule has 1 atom stereocenters. The predicted octanol–water partition coefficient (Wildman–Crippen LogP) is -0.258. The number of oxime groups is 1. The number of nitrogens with one attached hydrogen (secondary N) is 1. The first-order chi connectivity index (χ1) is 7.65. The van der Waals surface area contributed by atoms with Crippen molar-refractivity contribution in [2.45, 2.75) is 38.9 Å². The van der Waals surface area contributed by atoms with Gasteiger partial charge in [-0.1, -0.05) is 5.16 Å². The van der Waals surface area contributed by atoms with Gasteiger partial charge < -0.3 is 20.4 Å². The Kier molecular flexibility index (Phi) is 3.31. The van der Waals surface area contributed by atoms with Crippen LogP contribution in [0.5, 0.6) is 0 Å². The van der Waals surface area contributed by atoms with E-state index in [1.165, 1.54) is 6.08 Å². The lowest BCUT2D eigenvalue weighted by molar-refractivity contribution is -0.936. The monoisotopic (exact) mass is 241 g/mol. The number of ketones is 1. The molecule has 1 aliphatic rings. The van der Waals surface area contributed by atoms with E-state index in [2.05, 4.69) is 5.16 Å². The Morgan fingerprint density at radius 2 is 2.00 bits per heavy atom. The number of allylic oxidation sites excluding steroid dienone is 1. The molecule has 0 aromatic heterocycles. The van der Waals surface area contributed by atoms with Crippen molar-refractivity contribution in [2.75, 3.05) is 7.05 Å². The maximum Gasteiger partial charge on any atom is 0.202 e. The number of hydrogen-bond acceptors (Lipinski definition) is 5. The lowest BCUT2D eigenvalue weighted by Gasteiger charge is -2.39. The number of nitrogens with zero attached hydrogens (tertiary/aromatic N) is 2. The van der Waals surface area contributed by atoms with E-state index in [1.807, 2.05) is 13.8 Å². The van der Waals surface area contributed by atoms with Crippen LogP contribution in [0.1, 0.15) is 27.7 Å². The molecule has 17 heavy (non-hydrogen) atoms. The van der Waals surface area contributed by atoms with Crippen molar-refractivity contribution >= 4 is 12.0 Å². The Labute approximate surface area is 101 Å². The van der Waals surface area contributed by atoms with Gasteiger partial charge in [0.15, 0.2) is 5.66 Å². The lowest BCUT2D eigenvalue weighted by Crippen LogP contribution is -3.20.